The molecule has 1 saturated heterocycles. The molecule has 172 valence electrons. The van der Waals surface area contributed by atoms with E-state index in [2.05, 4.69) is 59.8 Å². The summed E-state index contributed by atoms with van der Waals surface area (Å²) >= 11 is 0. The minimum absolute atomic E-state index is 0. The van der Waals surface area contributed by atoms with Crippen molar-refractivity contribution in [1.29, 1.82) is 0 Å². The number of nitrogens with one attached hydrogen (secondary N) is 3. The van der Waals surface area contributed by atoms with Crippen LogP contribution < -0.4 is 15.4 Å². The Morgan fingerprint density at radius 1 is 1.29 bits per heavy atom. The van der Waals surface area contributed by atoms with Crippen LogP contribution in [0.5, 0.6) is 5.75 Å². The highest BCUT2D eigenvalue weighted by Crippen LogP contribution is 2.23. The van der Waals surface area contributed by atoms with Crippen LogP contribution in [0.4, 0.5) is 0 Å². The molecule has 2 aromatic rings. The van der Waals surface area contributed by atoms with Crippen LogP contribution in [0.15, 0.2) is 29.4 Å². The van der Waals surface area contributed by atoms with Gasteiger partial charge < -0.3 is 20.1 Å². The third-order valence-electron chi connectivity index (χ3n) is 5.27. The Morgan fingerprint density at radius 2 is 2.16 bits per heavy atom. The molecule has 0 saturated carbocycles. The number of H-pyrrole nitrogens is 1. The summed E-state index contributed by atoms with van der Waals surface area (Å²) in [5, 5.41) is 13.8. The molecule has 0 amide bonds. The Labute approximate surface area is 202 Å². The van der Waals surface area contributed by atoms with E-state index in [1.54, 1.807) is 0 Å². The molecule has 1 atom stereocenters. The van der Waals surface area contributed by atoms with Crippen molar-refractivity contribution >= 4 is 29.9 Å². The lowest BCUT2D eigenvalue weighted by Gasteiger charge is -2.15. The molecule has 1 aliphatic heterocycles. The first-order chi connectivity index (χ1) is 14.7. The Kier molecular flexibility index (Phi) is 11.1. The van der Waals surface area contributed by atoms with Crippen LogP contribution in [-0.4, -0.2) is 48.6 Å². The van der Waals surface area contributed by atoms with Gasteiger partial charge in [0.1, 0.15) is 12.4 Å². The van der Waals surface area contributed by atoms with E-state index in [1.165, 1.54) is 11.1 Å². The number of nitrogens with zero attached hydrogens (tertiary/aromatic N) is 2. The number of hydrogen-bond acceptors (Lipinski definition) is 4. The first-order valence-corrected chi connectivity index (χ1v) is 11.0. The van der Waals surface area contributed by atoms with Crippen molar-refractivity contribution in [2.45, 2.75) is 59.1 Å². The van der Waals surface area contributed by atoms with Gasteiger partial charge in [-0.05, 0) is 63.6 Å². The van der Waals surface area contributed by atoms with Crippen molar-refractivity contribution in [1.82, 2.24) is 20.8 Å². The van der Waals surface area contributed by atoms with Crippen LogP contribution in [0.1, 0.15) is 48.6 Å². The maximum atomic E-state index is 6.10. The second-order valence-corrected chi connectivity index (χ2v) is 7.80. The van der Waals surface area contributed by atoms with Crippen LogP contribution in [0, 0.1) is 13.8 Å². The number of aliphatic imine (C=N–C) groups is 1. The number of rotatable bonds is 10. The van der Waals surface area contributed by atoms with E-state index in [0.717, 1.165) is 68.3 Å². The molecule has 1 fully saturated rings. The van der Waals surface area contributed by atoms with Crippen LogP contribution in [-0.2, 0) is 17.7 Å². The van der Waals surface area contributed by atoms with Crippen molar-refractivity contribution < 1.29 is 9.47 Å². The first kappa shape index (κ1) is 25.5. The summed E-state index contributed by atoms with van der Waals surface area (Å²) in [6, 6.07) is 6.31. The zero-order chi connectivity index (χ0) is 21.2. The topological polar surface area (TPSA) is 83.6 Å². The largest absolute Gasteiger partial charge is 0.491 e. The third kappa shape index (κ3) is 8.33. The zero-order valence-corrected chi connectivity index (χ0v) is 21.2. The van der Waals surface area contributed by atoms with E-state index < -0.39 is 0 Å². The molecule has 3 N–H and O–H groups in total. The van der Waals surface area contributed by atoms with Gasteiger partial charge in [-0.15, -0.1) is 24.0 Å². The van der Waals surface area contributed by atoms with Crippen LogP contribution in [0.25, 0.3) is 0 Å². The zero-order valence-electron chi connectivity index (χ0n) is 18.9. The molecule has 0 bridgehead atoms. The highest BCUT2D eigenvalue weighted by Gasteiger charge is 2.17. The van der Waals surface area contributed by atoms with Crippen molar-refractivity contribution in [2.24, 2.45) is 4.99 Å². The van der Waals surface area contributed by atoms with E-state index in [4.69, 9.17) is 14.5 Å². The summed E-state index contributed by atoms with van der Waals surface area (Å²) in [7, 11) is 0. The maximum absolute atomic E-state index is 6.10. The monoisotopic (exact) mass is 541 g/mol. The minimum Gasteiger partial charge on any atom is -0.491 e. The second kappa shape index (κ2) is 13.6. The fraction of sp³-hybridized carbons (Fsp3) is 0.565. The molecule has 1 aliphatic rings. The van der Waals surface area contributed by atoms with Gasteiger partial charge in [0.05, 0.1) is 18.8 Å². The summed E-state index contributed by atoms with van der Waals surface area (Å²) in [6.07, 6.45) is 6.33. The van der Waals surface area contributed by atoms with Crippen LogP contribution >= 0.6 is 24.0 Å². The predicted octanol–water partition coefficient (Wildman–Crippen LogP) is 3.89. The van der Waals surface area contributed by atoms with Crippen LogP contribution in [0.2, 0.25) is 0 Å². The fourth-order valence-electron chi connectivity index (χ4n) is 3.50. The summed E-state index contributed by atoms with van der Waals surface area (Å²) in [5.74, 6) is 1.73. The van der Waals surface area contributed by atoms with E-state index in [-0.39, 0.29) is 30.1 Å². The Hall–Kier alpha value is -1.81. The molecule has 1 unspecified atom stereocenters. The molecule has 0 aliphatic carbocycles. The Bertz CT molecular complexity index is 818. The van der Waals surface area contributed by atoms with Gasteiger partial charge in [0.25, 0.3) is 0 Å². The number of halogens is 1. The third-order valence-corrected chi connectivity index (χ3v) is 5.27. The molecule has 2 heterocycles. The second-order valence-electron chi connectivity index (χ2n) is 7.80. The molecule has 1 aromatic carbocycles. The molecule has 31 heavy (non-hydrogen) atoms. The molecular formula is C23H36IN5O2. The molecule has 1 aromatic heterocycles. The molecule has 8 heteroatoms. The lowest BCUT2D eigenvalue weighted by Crippen LogP contribution is -2.37. The number of aryl methyl sites for hydroxylation is 3. The van der Waals surface area contributed by atoms with Gasteiger partial charge >= 0.3 is 0 Å². The number of aromatic amines is 1. The van der Waals surface area contributed by atoms with Crippen LogP contribution in [0.3, 0.4) is 0 Å². The lowest BCUT2D eigenvalue weighted by molar-refractivity contribution is 0.0676. The minimum atomic E-state index is 0. The first-order valence-electron chi connectivity index (χ1n) is 11.0. The van der Waals surface area contributed by atoms with Gasteiger partial charge in [-0.2, -0.15) is 5.10 Å². The summed E-state index contributed by atoms with van der Waals surface area (Å²) < 4.78 is 11.8. The standard InChI is InChI=1S/C23H35N5O2.HI/c1-4-24-23(25-11-5-7-19-15-27-28-18(19)3)26-14-20-10-9-17(2)13-22(20)30-16-21-8-6-12-29-21;/h9-10,13,15,21H,4-8,11-12,14,16H2,1-3H3,(H,27,28)(H2,24,25,26);1H. The van der Waals surface area contributed by atoms with E-state index in [9.17, 15) is 0 Å². The van der Waals surface area contributed by atoms with Gasteiger partial charge in [-0.1, -0.05) is 12.1 Å². The van der Waals surface area contributed by atoms with E-state index in [0.29, 0.717) is 13.2 Å². The summed E-state index contributed by atoms with van der Waals surface area (Å²) in [6.45, 7) is 9.91. The predicted molar refractivity (Wildman–Crippen MR) is 136 cm³/mol. The number of benzene rings is 1. The van der Waals surface area contributed by atoms with Crippen molar-refractivity contribution in [2.75, 3.05) is 26.3 Å². The van der Waals surface area contributed by atoms with Crippen molar-refractivity contribution in [3.8, 4) is 5.75 Å². The van der Waals surface area contributed by atoms with Gasteiger partial charge in [0, 0.05) is 31.0 Å². The highest BCUT2D eigenvalue weighted by atomic mass is 127. The molecule has 7 nitrogen and oxygen atoms in total. The van der Waals surface area contributed by atoms with Gasteiger partial charge in [0.15, 0.2) is 5.96 Å². The summed E-state index contributed by atoms with van der Waals surface area (Å²) in [5.41, 5.74) is 4.69. The van der Waals surface area contributed by atoms with Gasteiger partial charge in [-0.3, -0.25) is 5.10 Å². The molecular weight excluding hydrogens is 505 g/mol. The van der Waals surface area contributed by atoms with Crippen molar-refractivity contribution in [3.63, 3.8) is 0 Å². The lowest BCUT2D eigenvalue weighted by atomic mass is 10.1. The maximum Gasteiger partial charge on any atom is 0.191 e. The summed E-state index contributed by atoms with van der Waals surface area (Å²) in [4.78, 5) is 4.77. The molecule has 0 radical (unpaired) electrons. The molecule has 0 spiro atoms. The van der Waals surface area contributed by atoms with Gasteiger partial charge in [-0.25, -0.2) is 4.99 Å². The number of guanidine groups is 1. The van der Waals surface area contributed by atoms with E-state index >= 15 is 0 Å². The fourth-order valence-corrected chi connectivity index (χ4v) is 3.50. The highest BCUT2D eigenvalue weighted by molar-refractivity contribution is 14.0. The smallest absolute Gasteiger partial charge is 0.191 e. The number of hydrogen-bond donors (Lipinski definition) is 3. The number of aromatic nitrogens is 2. The number of ether oxygens (including phenoxy) is 2. The van der Waals surface area contributed by atoms with E-state index in [1.807, 2.05) is 6.20 Å². The normalized spacial score (nSPS) is 16.1. The SMILES string of the molecule is CCNC(=NCc1ccc(C)cc1OCC1CCCO1)NCCCc1cn[nH]c1C.I. The van der Waals surface area contributed by atoms with Crippen molar-refractivity contribution in [3.05, 3.63) is 46.8 Å². The average Bonchev–Trinajstić information content (AvgIpc) is 3.40. The Morgan fingerprint density at radius 3 is 2.87 bits per heavy atom. The quantitative estimate of drug-likeness (QED) is 0.184. The molecule has 3 rings (SSSR count). The Balaban J connectivity index is 0.00000341. The van der Waals surface area contributed by atoms with Gasteiger partial charge in [0.2, 0.25) is 0 Å². The average molecular weight is 541 g/mol.